The fraction of sp³-hybridized carbons (Fsp3) is 0.615. The Morgan fingerprint density at radius 1 is 1.33 bits per heavy atom. The van der Waals surface area contributed by atoms with Crippen molar-refractivity contribution in [2.24, 2.45) is 5.92 Å². The topological polar surface area (TPSA) is 46.1 Å². The first kappa shape index (κ1) is 12.0. The summed E-state index contributed by atoms with van der Waals surface area (Å²) < 4.78 is 0. The maximum atomic E-state index is 11.9. The van der Waals surface area contributed by atoms with Crippen molar-refractivity contribution >= 4 is 23.5 Å². The molecule has 96 valence electrons. The number of aromatic nitrogens is 2. The van der Waals surface area contributed by atoms with E-state index in [1.807, 2.05) is 11.8 Å². The van der Waals surface area contributed by atoms with E-state index in [2.05, 4.69) is 21.8 Å². The first-order valence-corrected chi connectivity index (χ1v) is 7.61. The summed E-state index contributed by atoms with van der Waals surface area (Å²) in [6.45, 7) is 4.13. The maximum absolute atomic E-state index is 11.9. The Morgan fingerprint density at radius 2 is 2.11 bits per heavy atom. The van der Waals surface area contributed by atoms with E-state index in [0.29, 0.717) is 12.3 Å². The van der Waals surface area contributed by atoms with Crippen molar-refractivity contribution < 1.29 is 4.79 Å². The van der Waals surface area contributed by atoms with Crippen molar-refractivity contribution in [3.63, 3.8) is 0 Å². The molecule has 0 N–H and O–H groups in total. The number of fused-ring (bicyclic) bond motifs is 1. The maximum Gasteiger partial charge on any atom is 0.225 e. The standard InChI is InChI=1S/C13H17N3OS/c1-9-6-11-10(12(17)7-9)8-14-13(15-11)16-2-4-18-5-3-16/h8-9H,2-7H2,1H3/t9-/m0/s1. The lowest BCUT2D eigenvalue weighted by atomic mass is 9.88. The fourth-order valence-corrected chi connectivity index (χ4v) is 3.44. The molecular weight excluding hydrogens is 246 g/mol. The van der Waals surface area contributed by atoms with E-state index < -0.39 is 0 Å². The van der Waals surface area contributed by atoms with Crippen molar-refractivity contribution in [3.8, 4) is 0 Å². The number of rotatable bonds is 1. The van der Waals surface area contributed by atoms with Crippen molar-refractivity contribution in [3.05, 3.63) is 17.5 Å². The summed E-state index contributed by atoms with van der Waals surface area (Å²) in [6.07, 6.45) is 3.27. The average Bonchev–Trinajstić information content (AvgIpc) is 2.39. The van der Waals surface area contributed by atoms with Crippen LogP contribution in [0.25, 0.3) is 0 Å². The molecule has 18 heavy (non-hydrogen) atoms. The van der Waals surface area contributed by atoms with Crippen LogP contribution < -0.4 is 4.90 Å². The minimum atomic E-state index is 0.199. The van der Waals surface area contributed by atoms with Crippen molar-refractivity contribution in [1.82, 2.24) is 9.97 Å². The average molecular weight is 263 g/mol. The lowest BCUT2D eigenvalue weighted by Crippen LogP contribution is -2.34. The summed E-state index contributed by atoms with van der Waals surface area (Å²) in [5, 5.41) is 0. The quantitative estimate of drug-likeness (QED) is 0.773. The minimum absolute atomic E-state index is 0.199. The summed E-state index contributed by atoms with van der Waals surface area (Å²) in [5.41, 5.74) is 1.69. The Balaban J connectivity index is 1.90. The van der Waals surface area contributed by atoms with Crippen LogP contribution >= 0.6 is 11.8 Å². The first-order valence-electron chi connectivity index (χ1n) is 6.46. The van der Waals surface area contributed by atoms with Crippen LogP contribution in [-0.4, -0.2) is 40.3 Å². The fourth-order valence-electron chi connectivity index (χ4n) is 2.54. The Bertz CT molecular complexity index is 471. The van der Waals surface area contributed by atoms with Gasteiger partial charge in [0.25, 0.3) is 0 Å². The third-order valence-electron chi connectivity index (χ3n) is 3.52. The second-order valence-electron chi connectivity index (χ2n) is 5.07. The number of ketones is 1. The molecule has 0 saturated carbocycles. The molecule has 3 rings (SSSR count). The molecule has 0 unspecified atom stereocenters. The normalized spacial score (nSPS) is 23.9. The molecule has 1 fully saturated rings. The number of nitrogens with zero attached hydrogens (tertiary/aromatic N) is 3. The molecule has 5 heteroatoms. The summed E-state index contributed by atoms with van der Waals surface area (Å²) in [7, 11) is 0. The number of thioether (sulfide) groups is 1. The zero-order valence-electron chi connectivity index (χ0n) is 10.6. The molecule has 1 aliphatic carbocycles. The predicted molar refractivity (Wildman–Crippen MR) is 73.4 cm³/mol. The van der Waals surface area contributed by atoms with Gasteiger partial charge in [-0.1, -0.05) is 6.92 Å². The second kappa shape index (κ2) is 4.88. The summed E-state index contributed by atoms with van der Waals surface area (Å²) in [4.78, 5) is 23.1. The van der Waals surface area contributed by atoms with Gasteiger partial charge in [0.1, 0.15) is 0 Å². The molecule has 1 aromatic rings. The van der Waals surface area contributed by atoms with E-state index in [1.54, 1.807) is 6.20 Å². The summed E-state index contributed by atoms with van der Waals surface area (Å²) >= 11 is 1.97. The van der Waals surface area contributed by atoms with Crippen molar-refractivity contribution in [1.29, 1.82) is 0 Å². The van der Waals surface area contributed by atoms with E-state index >= 15 is 0 Å². The van der Waals surface area contributed by atoms with Gasteiger partial charge in [0.15, 0.2) is 5.78 Å². The molecule has 0 spiro atoms. The molecular formula is C13H17N3OS. The van der Waals surface area contributed by atoms with Crippen LogP contribution in [-0.2, 0) is 6.42 Å². The molecule has 0 amide bonds. The Morgan fingerprint density at radius 3 is 2.89 bits per heavy atom. The molecule has 1 aromatic heterocycles. The van der Waals surface area contributed by atoms with Gasteiger partial charge < -0.3 is 4.90 Å². The van der Waals surface area contributed by atoms with Crippen molar-refractivity contribution in [2.45, 2.75) is 19.8 Å². The van der Waals surface area contributed by atoms with Gasteiger partial charge in [-0.3, -0.25) is 4.79 Å². The molecule has 0 radical (unpaired) electrons. The predicted octanol–water partition coefficient (Wildman–Crippen LogP) is 1.79. The van der Waals surface area contributed by atoms with Gasteiger partial charge in [-0.25, -0.2) is 9.97 Å². The smallest absolute Gasteiger partial charge is 0.225 e. The van der Waals surface area contributed by atoms with Gasteiger partial charge in [0.05, 0.1) is 11.3 Å². The van der Waals surface area contributed by atoms with E-state index in [-0.39, 0.29) is 5.78 Å². The number of hydrogen-bond donors (Lipinski definition) is 0. The van der Waals surface area contributed by atoms with Gasteiger partial charge in [-0.15, -0.1) is 0 Å². The molecule has 2 aliphatic rings. The number of carbonyl (C=O) groups is 1. The summed E-state index contributed by atoms with van der Waals surface area (Å²) in [5.74, 6) is 3.68. The van der Waals surface area contributed by atoms with E-state index in [1.165, 1.54) is 0 Å². The third-order valence-corrected chi connectivity index (χ3v) is 4.47. The van der Waals surface area contributed by atoms with Crippen LogP contribution in [0.2, 0.25) is 0 Å². The Hall–Kier alpha value is -1.10. The lowest BCUT2D eigenvalue weighted by Gasteiger charge is -2.28. The van der Waals surface area contributed by atoms with Crippen LogP contribution in [0.5, 0.6) is 0 Å². The first-order chi connectivity index (χ1) is 8.74. The third kappa shape index (κ3) is 2.23. The highest BCUT2D eigenvalue weighted by molar-refractivity contribution is 7.99. The molecule has 0 aromatic carbocycles. The Labute approximate surface area is 111 Å². The van der Waals surface area contributed by atoms with Crippen LogP contribution in [0.15, 0.2) is 6.20 Å². The lowest BCUT2D eigenvalue weighted by molar-refractivity contribution is 0.0951. The zero-order valence-corrected chi connectivity index (χ0v) is 11.4. The molecule has 1 aliphatic heterocycles. The second-order valence-corrected chi connectivity index (χ2v) is 6.29. The number of Topliss-reactive ketones (excluding diaryl/α,β-unsaturated/α-hetero) is 1. The van der Waals surface area contributed by atoms with Gasteiger partial charge in [0.2, 0.25) is 5.95 Å². The highest BCUT2D eigenvalue weighted by Gasteiger charge is 2.25. The zero-order chi connectivity index (χ0) is 12.5. The van der Waals surface area contributed by atoms with E-state index in [0.717, 1.165) is 48.2 Å². The van der Waals surface area contributed by atoms with Crippen LogP contribution in [0.3, 0.4) is 0 Å². The molecule has 0 bridgehead atoms. The molecule has 1 saturated heterocycles. The van der Waals surface area contributed by atoms with Crippen LogP contribution in [0, 0.1) is 5.92 Å². The van der Waals surface area contributed by atoms with Gasteiger partial charge >= 0.3 is 0 Å². The van der Waals surface area contributed by atoms with Gasteiger partial charge in [0, 0.05) is 37.2 Å². The highest BCUT2D eigenvalue weighted by Crippen LogP contribution is 2.25. The van der Waals surface area contributed by atoms with Crippen molar-refractivity contribution in [2.75, 3.05) is 29.5 Å². The number of hydrogen-bond acceptors (Lipinski definition) is 5. The molecule has 4 nitrogen and oxygen atoms in total. The monoisotopic (exact) mass is 263 g/mol. The Kier molecular flexibility index (Phi) is 3.24. The van der Waals surface area contributed by atoms with Gasteiger partial charge in [-0.2, -0.15) is 11.8 Å². The molecule has 2 heterocycles. The summed E-state index contributed by atoms with van der Waals surface area (Å²) in [6, 6.07) is 0. The minimum Gasteiger partial charge on any atom is -0.339 e. The SMILES string of the molecule is C[C@@H]1CC(=O)c2cnc(N3CCSCC3)nc2C1. The van der Waals surface area contributed by atoms with Crippen LogP contribution in [0.1, 0.15) is 29.4 Å². The van der Waals surface area contributed by atoms with E-state index in [4.69, 9.17) is 0 Å². The number of carbonyl (C=O) groups excluding carboxylic acids is 1. The molecule has 1 atom stereocenters. The largest absolute Gasteiger partial charge is 0.339 e. The van der Waals surface area contributed by atoms with Gasteiger partial charge in [-0.05, 0) is 12.3 Å². The van der Waals surface area contributed by atoms with E-state index in [9.17, 15) is 4.79 Å². The highest BCUT2D eigenvalue weighted by atomic mass is 32.2. The van der Waals surface area contributed by atoms with Crippen LogP contribution in [0.4, 0.5) is 5.95 Å². The number of anilines is 1.